The van der Waals surface area contributed by atoms with E-state index < -0.39 is 11.5 Å². The summed E-state index contributed by atoms with van der Waals surface area (Å²) in [5.41, 5.74) is 0.728. The summed E-state index contributed by atoms with van der Waals surface area (Å²) < 4.78 is 0. The first-order valence-electron chi connectivity index (χ1n) is 7.94. The van der Waals surface area contributed by atoms with Crippen molar-refractivity contribution in [2.24, 2.45) is 5.41 Å². The predicted molar refractivity (Wildman–Crippen MR) is 83.9 cm³/mol. The molecule has 0 radical (unpaired) electrons. The summed E-state index contributed by atoms with van der Waals surface area (Å²) >= 11 is 0. The van der Waals surface area contributed by atoms with Crippen LogP contribution in [0.4, 0.5) is 0 Å². The normalized spacial score (nSPS) is 17.2. The standard InChI is InChI=1S/C16H25N3O3/c1-11-12(2)19-15(22)13(18-11)14(21)17-10-16(8-9-20)6-4-3-5-7-16/h20H,3-10H2,1-2H3,(H,17,21)(H,19,22). The van der Waals surface area contributed by atoms with Gasteiger partial charge in [-0.3, -0.25) is 9.59 Å². The van der Waals surface area contributed by atoms with Crippen LogP contribution in [-0.4, -0.2) is 34.1 Å². The lowest BCUT2D eigenvalue weighted by Crippen LogP contribution is -2.41. The van der Waals surface area contributed by atoms with E-state index in [0.717, 1.165) is 25.7 Å². The number of amides is 1. The van der Waals surface area contributed by atoms with Gasteiger partial charge in [-0.05, 0) is 38.5 Å². The van der Waals surface area contributed by atoms with Gasteiger partial charge < -0.3 is 15.4 Å². The zero-order valence-corrected chi connectivity index (χ0v) is 13.4. The number of aliphatic hydroxyl groups excluding tert-OH is 1. The molecular weight excluding hydrogens is 282 g/mol. The number of hydrogen-bond donors (Lipinski definition) is 3. The van der Waals surface area contributed by atoms with Gasteiger partial charge in [0.1, 0.15) is 0 Å². The van der Waals surface area contributed by atoms with Gasteiger partial charge in [-0.1, -0.05) is 19.3 Å². The van der Waals surface area contributed by atoms with Gasteiger partial charge in [0.05, 0.1) is 5.69 Å². The first kappa shape index (κ1) is 16.7. The number of hydrogen-bond acceptors (Lipinski definition) is 4. The summed E-state index contributed by atoms with van der Waals surface area (Å²) in [6.07, 6.45) is 6.15. The maximum absolute atomic E-state index is 12.3. The second-order valence-corrected chi connectivity index (χ2v) is 6.34. The molecule has 0 aliphatic heterocycles. The van der Waals surface area contributed by atoms with Crippen LogP contribution in [0.25, 0.3) is 0 Å². The maximum Gasteiger partial charge on any atom is 0.279 e. The highest BCUT2D eigenvalue weighted by Crippen LogP contribution is 2.38. The molecule has 1 amide bonds. The Morgan fingerprint density at radius 2 is 2.00 bits per heavy atom. The van der Waals surface area contributed by atoms with Gasteiger partial charge in [0.2, 0.25) is 0 Å². The molecule has 0 aromatic carbocycles. The third-order valence-corrected chi connectivity index (χ3v) is 4.73. The first-order valence-corrected chi connectivity index (χ1v) is 7.94. The van der Waals surface area contributed by atoms with Crippen molar-refractivity contribution in [2.45, 2.75) is 52.4 Å². The SMILES string of the molecule is Cc1nc(C(=O)NCC2(CCO)CCCCC2)c(=O)[nH]c1C. The Kier molecular flexibility index (Phi) is 5.34. The van der Waals surface area contributed by atoms with Gasteiger partial charge >= 0.3 is 0 Å². The average Bonchev–Trinajstić information content (AvgIpc) is 2.50. The second-order valence-electron chi connectivity index (χ2n) is 6.34. The number of nitrogens with one attached hydrogen (secondary N) is 2. The van der Waals surface area contributed by atoms with Crippen molar-refractivity contribution in [1.29, 1.82) is 0 Å². The maximum atomic E-state index is 12.3. The number of carbonyl (C=O) groups is 1. The number of rotatable bonds is 5. The zero-order chi connectivity index (χ0) is 16.2. The van der Waals surface area contributed by atoms with E-state index in [2.05, 4.69) is 15.3 Å². The van der Waals surface area contributed by atoms with E-state index in [4.69, 9.17) is 0 Å². The van der Waals surface area contributed by atoms with Crippen LogP contribution in [0.15, 0.2) is 4.79 Å². The minimum atomic E-state index is -0.458. The summed E-state index contributed by atoms with van der Waals surface area (Å²) in [7, 11) is 0. The fourth-order valence-corrected chi connectivity index (χ4v) is 3.18. The van der Waals surface area contributed by atoms with Crippen molar-refractivity contribution >= 4 is 5.91 Å². The molecule has 1 heterocycles. The summed E-state index contributed by atoms with van der Waals surface area (Å²) in [6.45, 7) is 4.12. The van der Waals surface area contributed by atoms with Crippen LogP contribution in [0, 0.1) is 19.3 Å². The van der Waals surface area contributed by atoms with Crippen LogP contribution >= 0.6 is 0 Å². The van der Waals surface area contributed by atoms with Crippen LogP contribution in [0.5, 0.6) is 0 Å². The van der Waals surface area contributed by atoms with Gasteiger partial charge in [0.15, 0.2) is 5.69 Å². The van der Waals surface area contributed by atoms with Crippen molar-refractivity contribution in [2.75, 3.05) is 13.2 Å². The third kappa shape index (κ3) is 3.74. The molecular formula is C16H25N3O3. The molecule has 0 unspecified atom stereocenters. The van der Waals surface area contributed by atoms with E-state index in [-0.39, 0.29) is 17.7 Å². The Bertz CT molecular complexity index is 583. The third-order valence-electron chi connectivity index (χ3n) is 4.73. The molecule has 2 rings (SSSR count). The molecule has 3 N–H and O–H groups in total. The Morgan fingerprint density at radius 3 is 2.64 bits per heavy atom. The van der Waals surface area contributed by atoms with Crippen molar-refractivity contribution in [3.05, 3.63) is 27.4 Å². The topological polar surface area (TPSA) is 95.1 Å². The molecule has 0 saturated heterocycles. The molecule has 6 heteroatoms. The van der Waals surface area contributed by atoms with Crippen LogP contribution in [0.3, 0.4) is 0 Å². The molecule has 1 aromatic rings. The molecule has 0 spiro atoms. The number of H-pyrrole nitrogens is 1. The van der Waals surface area contributed by atoms with Crippen LogP contribution in [-0.2, 0) is 0 Å². The van der Waals surface area contributed by atoms with E-state index in [1.54, 1.807) is 13.8 Å². The zero-order valence-electron chi connectivity index (χ0n) is 13.4. The van der Waals surface area contributed by atoms with E-state index in [1.165, 1.54) is 6.42 Å². The quantitative estimate of drug-likeness (QED) is 0.767. The van der Waals surface area contributed by atoms with Gasteiger partial charge in [-0.2, -0.15) is 0 Å². The molecule has 1 saturated carbocycles. The molecule has 22 heavy (non-hydrogen) atoms. The summed E-state index contributed by atoms with van der Waals surface area (Å²) in [5.74, 6) is -0.438. The van der Waals surface area contributed by atoms with Crippen molar-refractivity contribution in [3.8, 4) is 0 Å². The number of aliphatic hydroxyl groups is 1. The molecule has 0 bridgehead atoms. The Balaban J connectivity index is 2.08. The molecule has 1 aliphatic carbocycles. The Morgan fingerprint density at radius 1 is 1.32 bits per heavy atom. The minimum Gasteiger partial charge on any atom is -0.396 e. The van der Waals surface area contributed by atoms with Crippen molar-refractivity contribution < 1.29 is 9.90 Å². The predicted octanol–water partition coefficient (Wildman–Crippen LogP) is 1.45. The monoisotopic (exact) mass is 307 g/mol. The number of aromatic nitrogens is 2. The van der Waals surface area contributed by atoms with E-state index in [0.29, 0.717) is 24.4 Å². The second kappa shape index (κ2) is 7.05. The van der Waals surface area contributed by atoms with Gasteiger partial charge in [0.25, 0.3) is 11.5 Å². The van der Waals surface area contributed by atoms with E-state index in [9.17, 15) is 14.7 Å². The van der Waals surface area contributed by atoms with Crippen LogP contribution < -0.4 is 10.9 Å². The molecule has 0 atom stereocenters. The number of nitrogens with zero attached hydrogens (tertiary/aromatic N) is 1. The van der Waals surface area contributed by atoms with Crippen LogP contribution in [0.2, 0.25) is 0 Å². The fraction of sp³-hybridized carbons (Fsp3) is 0.688. The molecule has 1 aromatic heterocycles. The fourth-order valence-electron chi connectivity index (χ4n) is 3.18. The summed E-state index contributed by atoms with van der Waals surface area (Å²) in [6, 6.07) is 0. The summed E-state index contributed by atoms with van der Waals surface area (Å²) in [5, 5.41) is 12.1. The van der Waals surface area contributed by atoms with Gasteiger partial charge in [-0.15, -0.1) is 0 Å². The van der Waals surface area contributed by atoms with Gasteiger partial charge in [0, 0.05) is 18.8 Å². The average molecular weight is 307 g/mol. The van der Waals surface area contributed by atoms with Crippen LogP contribution in [0.1, 0.15) is 60.4 Å². The molecule has 1 aliphatic rings. The first-order chi connectivity index (χ1) is 10.5. The molecule has 122 valence electrons. The van der Waals surface area contributed by atoms with Crippen molar-refractivity contribution in [1.82, 2.24) is 15.3 Å². The Hall–Kier alpha value is -1.69. The molecule has 1 fully saturated rings. The lowest BCUT2D eigenvalue weighted by molar-refractivity contribution is 0.0862. The summed E-state index contributed by atoms with van der Waals surface area (Å²) in [4.78, 5) is 30.9. The number of aryl methyl sites for hydroxylation is 2. The number of carbonyl (C=O) groups excluding carboxylic acids is 1. The smallest absolute Gasteiger partial charge is 0.279 e. The lowest BCUT2D eigenvalue weighted by atomic mass is 9.72. The minimum absolute atomic E-state index is 0.0465. The van der Waals surface area contributed by atoms with E-state index >= 15 is 0 Å². The highest BCUT2D eigenvalue weighted by atomic mass is 16.3. The lowest BCUT2D eigenvalue weighted by Gasteiger charge is -2.37. The van der Waals surface area contributed by atoms with Gasteiger partial charge in [-0.25, -0.2) is 4.98 Å². The Labute approximate surface area is 130 Å². The highest BCUT2D eigenvalue weighted by Gasteiger charge is 2.32. The number of aromatic amines is 1. The van der Waals surface area contributed by atoms with Crippen molar-refractivity contribution in [3.63, 3.8) is 0 Å². The largest absolute Gasteiger partial charge is 0.396 e. The van der Waals surface area contributed by atoms with E-state index in [1.807, 2.05) is 0 Å². The highest BCUT2D eigenvalue weighted by molar-refractivity contribution is 5.91. The molecule has 6 nitrogen and oxygen atoms in total.